The first kappa shape index (κ1) is 16.1. The Hall–Kier alpha value is -0.910. The maximum absolute atomic E-state index is 12.4. The summed E-state index contributed by atoms with van der Waals surface area (Å²) in [4.78, 5) is 0.353. The van der Waals surface area contributed by atoms with E-state index >= 15 is 0 Å². The second-order valence-electron chi connectivity index (χ2n) is 4.97. The minimum atomic E-state index is -3.40. The lowest BCUT2D eigenvalue weighted by molar-refractivity contribution is 0.410. The fourth-order valence-electron chi connectivity index (χ4n) is 1.81. The standard InChI is InChI=1S/C14H24N2O2S/c1-6-15-12(4)13-8-7-9-14(10-13)19(17,18)16(5)11(2)3/h7-12,15H,6H2,1-5H3. The summed E-state index contributed by atoms with van der Waals surface area (Å²) in [5.74, 6) is 0. The van der Waals surface area contributed by atoms with Gasteiger partial charge in [-0.1, -0.05) is 19.1 Å². The number of benzene rings is 1. The van der Waals surface area contributed by atoms with E-state index in [4.69, 9.17) is 0 Å². The number of nitrogens with zero attached hydrogens (tertiary/aromatic N) is 1. The van der Waals surface area contributed by atoms with Crippen molar-refractivity contribution in [1.82, 2.24) is 9.62 Å². The minimum absolute atomic E-state index is 0.0557. The molecule has 4 nitrogen and oxygen atoms in total. The summed E-state index contributed by atoms with van der Waals surface area (Å²) in [5.41, 5.74) is 0.986. The highest BCUT2D eigenvalue weighted by molar-refractivity contribution is 7.89. The third-order valence-corrected chi connectivity index (χ3v) is 5.30. The largest absolute Gasteiger partial charge is 0.310 e. The van der Waals surface area contributed by atoms with Gasteiger partial charge in [-0.3, -0.25) is 0 Å². The molecule has 0 saturated heterocycles. The summed E-state index contributed by atoms with van der Waals surface area (Å²) in [7, 11) is -1.79. The molecule has 0 heterocycles. The van der Waals surface area contributed by atoms with Crippen LogP contribution in [0.2, 0.25) is 0 Å². The molecule has 1 N–H and O–H groups in total. The van der Waals surface area contributed by atoms with E-state index in [-0.39, 0.29) is 12.1 Å². The lowest BCUT2D eigenvalue weighted by Gasteiger charge is -2.22. The first-order chi connectivity index (χ1) is 8.80. The summed E-state index contributed by atoms with van der Waals surface area (Å²) >= 11 is 0. The second kappa shape index (κ2) is 6.50. The smallest absolute Gasteiger partial charge is 0.243 e. The maximum atomic E-state index is 12.4. The lowest BCUT2D eigenvalue weighted by atomic mass is 10.1. The van der Waals surface area contributed by atoms with Crippen molar-refractivity contribution < 1.29 is 8.42 Å². The summed E-state index contributed by atoms with van der Waals surface area (Å²) in [6, 6.07) is 7.23. The van der Waals surface area contributed by atoms with Gasteiger partial charge in [0.25, 0.3) is 0 Å². The van der Waals surface area contributed by atoms with Gasteiger partial charge in [-0.25, -0.2) is 8.42 Å². The fraction of sp³-hybridized carbons (Fsp3) is 0.571. The molecular weight excluding hydrogens is 260 g/mol. The van der Waals surface area contributed by atoms with Gasteiger partial charge in [0.15, 0.2) is 0 Å². The van der Waals surface area contributed by atoms with E-state index in [1.807, 2.05) is 33.8 Å². The number of sulfonamides is 1. The molecule has 5 heteroatoms. The van der Waals surface area contributed by atoms with Crippen LogP contribution in [0.4, 0.5) is 0 Å². The van der Waals surface area contributed by atoms with Crippen LogP contribution in [-0.2, 0) is 10.0 Å². The Kier molecular flexibility index (Phi) is 5.52. The molecular formula is C14H24N2O2S. The van der Waals surface area contributed by atoms with Crippen LogP contribution in [0, 0.1) is 0 Å². The van der Waals surface area contributed by atoms with Crippen molar-refractivity contribution in [2.75, 3.05) is 13.6 Å². The van der Waals surface area contributed by atoms with E-state index < -0.39 is 10.0 Å². The predicted octanol–water partition coefficient (Wildman–Crippen LogP) is 2.39. The summed E-state index contributed by atoms with van der Waals surface area (Å²) in [5, 5.41) is 3.28. The van der Waals surface area contributed by atoms with E-state index in [9.17, 15) is 8.42 Å². The maximum Gasteiger partial charge on any atom is 0.243 e. The Morgan fingerprint density at radius 1 is 1.26 bits per heavy atom. The minimum Gasteiger partial charge on any atom is -0.310 e. The number of nitrogens with one attached hydrogen (secondary N) is 1. The third-order valence-electron chi connectivity index (χ3n) is 3.27. The molecule has 1 aromatic rings. The molecule has 0 spiro atoms. The second-order valence-corrected chi connectivity index (χ2v) is 6.96. The molecule has 108 valence electrons. The van der Waals surface area contributed by atoms with E-state index in [0.29, 0.717) is 4.90 Å². The SMILES string of the molecule is CCNC(C)c1cccc(S(=O)(=O)N(C)C(C)C)c1. The van der Waals surface area contributed by atoms with E-state index in [2.05, 4.69) is 5.32 Å². The van der Waals surface area contributed by atoms with Crippen molar-refractivity contribution >= 4 is 10.0 Å². The zero-order valence-corrected chi connectivity index (χ0v) is 13.2. The zero-order chi connectivity index (χ0) is 14.6. The van der Waals surface area contributed by atoms with Crippen molar-refractivity contribution in [3.63, 3.8) is 0 Å². The Labute approximate surface area is 116 Å². The average Bonchev–Trinajstić information content (AvgIpc) is 2.38. The first-order valence-corrected chi connectivity index (χ1v) is 8.06. The normalized spacial score (nSPS) is 14.1. The Morgan fingerprint density at radius 3 is 2.42 bits per heavy atom. The predicted molar refractivity (Wildman–Crippen MR) is 78.6 cm³/mol. The molecule has 0 aromatic heterocycles. The average molecular weight is 284 g/mol. The van der Waals surface area contributed by atoms with Gasteiger partial charge in [-0.05, 0) is 45.0 Å². The van der Waals surface area contributed by atoms with E-state index in [1.165, 1.54) is 4.31 Å². The summed E-state index contributed by atoms with van der Waals surface area (Å²) < 4.78 is 26.2. The Balaban J connectivity index is 3.12. The van der Waals surface area contributed by atoms with Crippen LogP contribution in [0.15, 0.2) is 29.2 Å². The molecule has 1 rings (SSSR count). The molecule has 19 heavy (non-hydrogen) atoms. The Bertz CT molecular complexity index is 512. The van der Waals surface area contributed by atoms with Crippen molar-refractivity contribution in [3.05, 3.63) is 29.8 Å². The molecule has 0 saturated carbocycles. The number of hydrogen-bond acceptors (Lipinski definition) is 3. The van der Waals surface area contributed by atoms with Gasteiger partial charge in [0, 0.05) is 19.1 Å². The first-order valence-electron chi connectivity index (χ1n) is 6.62. The molecule has 0 bridgehead atoms. The van der Waals surface area contributed by atoms with Gasteiger partial charge in [0.2, 0.25) is 10.0 Å². The van der Waals surface area contributed by atoms with Crippen molar-refractivity contribution in [2.24, 2.45) is 0 Å². The summed E-state index contributed by atoms with van der Waals surface area (Å²) in [6.07, 6.45) is 0. The lowest BCUT2D eigenvalue weighted by Crippen LogP contribution is -2.33. The van der Waals surface area contributed by atoms with Crippen LogP contribution >= 0.6 is 0 Å². The highest BCUT2D eigenvalue weighted by atomic mass is 32.2. The molecule has 0 amide bonds. The third kappa shape index (κ3) is 3.78. The Morgan fingerprint density at radius 2 is 1.89 bits per heavy atom. The van der Waals surface area contributed by atoms with Crippen LogP contribution in [0.5, 0.6) is 0 Å². The number of rotatable bonds is 6. The van der Waals surface area contributed by atoms with Crippen molar-refractivity contribution in [2.45, 2.75) is 44.7 Å². The molecule has 1 aromatic carbocycles. The molecule has 0 fully saturated rings. The van der Waals surface area contributed by atoms with Gasteiger partial charge < -0.3 is 5.32 Å². The van der Waals surface area contributed by atoms with Crippen LogP contribution < -0.4 is 5.32 Å². The van der Waals surface area contributed by atoms with Crippen LogP contribution in [0.1, 0.15) is 39.3 Å². The molecule has 0 aliphatic carbocycles. The van der Waals surface area contributed by atoms with Crippen molar-refractivity contribution in [3.8, 4) is 0 Å². The van der Waals surface area contributed by atoms with Crippen LogP contribution in [0.25, 0.3) is 0 Å². The van der Waals surface area contributed by atoms with E-state index in [0.717, 1.165) is 12.1 Å². The van der Waals surface area contributed by atoms with Crippen LogP contribution in [0.3, 0.4) is 0 Å². The van der Waals surface area contributed by atoms with Gasteiger partial charge in [0.1, 0.15) is 0 Å². The molecule has 1 unspecified atom stereocenters. The summed E-state index contributed by atoms with van der Waals surface area (Å²) in [6.45, 7) is 8.64. The van der Waals surface area contributed by atoms with Gasteiger partial charge >= 0.3 is 0 Å². The number of hydrogen-bond donors (Lipinski definition) is 1. The fourth-order valence-corrected chi connectivity index (χ4v) is 3.24. The highest BCUT2D eigenvalue weighted by Gasteiger charge is 2.23. The topological polar surface area (TPSA) is 49.4 Å². The highest BCUT2D eigenvalue weighted by Crippen LogP contribution is 2.21. The molecule has 0 aliphatic heterocycles. The molecule has 0 aliphatic rings. The quantitative estimate of drug-likeness (QED) is 0.872. The van der Waals surface area contributed by atoms with Gasteiger partial charge in [-0.15, -0.1) is 0 Å². The van der Waals surface area contributed by atoms with Crippen molar-refractivity contribution in [1.29, 1.82) is 0 Å². The van der Waals surface area contributed by atoms with Crippen LogP contribution in [-0.4, -0.2) is 32.4 Å². The van der Waals surface area contributed by atoms with Gasteiger partial charge in [0.05, 0.1) is 4.90 Å². The zero-order valence-electron chi connectivity index (χ0n) is 12.3. The molecule has 0 radical (unpaired) electrons. The van der Waals surface area contributed by atoms with Gasteiger partial charge in [-0.2, -0.15) is 4.31 Å². The van der Waals surface area contributed by atoms with E-state index in [1.54, 1.807) is 25.2 Å². The molecule has 1 atom stereocenters. The monoisotopic (exact) mass is 284 g/mol.